The predicted molar refractivity (Wildman–Crippen MR) is 215 cm³/mol. The number of aromatic hydroxyl groups is 2. The molecular weight excluding hydrogens is 962 g/mol. The topological polar surface area (TPSA) is 347 Å². The summed E-state index contributed by atoms with van der Waals surface area (Å²) in [6.45, 7) is -1.13. The molecule has 7 rings (SSSR count). The number of methoxy groups -OCH3 is 2. The maximum Gasteiger partial charge on any atom is 0.490 e. The summed E-state index contributed by atoms with van der Waals surface area (Å²) in [5, 5.41) is 23.4. The number of carbonyl (C=O) groups excluding carboxylic acids is 2. The second-order valence-electron chi connectivity index (χ2n) is 13.5. The van der Waals surface area contributed by atoms with E-state index in [-0.39, 0.29) is 85.8 Å². The van der Waals surface area contributed by atoms with Gasteiger partial charge in [-0.25, -0.2) is 23.3 Å². The molecule has 4 aromatic rings. The minimum Gasteiger partial charge on any atom is -0.503 e. The normalized spacial score (nSPS) is 18.8. The van der Waals surface area contributed by atoms with Gasteiger partial charge in [0.15, 0.2) is 40.1 Å². The number of benzene rings is 3. The summed E-state index contributed by atoms with van der Waals surface area (Å²) < 4.78 is 75.8. The van der Waals surface area contributed by atoms with Crippen LogP contribution in [0.5, 0.6) is 34.5 Å². The van der Waals surface area contributed by atoms with Crippen LogP contribution in [0.15, 0.2) is 46.1 Å². The first kappa shape index (κ1) is 46.8. The minimum absolute atomic E-state index is 0.00711. The first-order chi connectivity index (χ1) is 30.0. The van der Waals surface area contributed by atoms with Crippen molar-refractivity contribution in [3.63, 3.8) is 0 Å². The lowest BCUT2D eigenvalue weighted by Gasteiger charge is -2.37. The van der Waals surface area contributed by atoms with Crippen molar-refractivity contribution in [2.24, 2.45) is 0 Å². The molecule has 1 spiro atoms. The fourth-order valence-electron chi connectivity index (χ4n) is 6.93. The zero-order valence-corrected chi connectivity index (χ0v) is 36.5. The van der Waals surface area contributed by atoms with Crippen LogP contribution in [0.1, 0.15) is 62.0 Å². The van der Waals surface area contributed by atoms with Crippen LogP contribution in [-0.2, 0) is 41.9 Å². The Hall–Kier alpha value is -5.21. The number of fused-ring (bicyclic) bond motifs is 6. The molecule has 24 nitrogen and oxygen atoms in total. The third-order valence-electron chi connectivity index (χ3n) is 9.61. The number of hydrogen-bond donors (Lipinski definition) is 8. The van der Waals surface area contributed by atoms with Crippen LogP contribution < -0.4 is 30.8 Å². The number of phenols is 2. The number of phenolic OH excluding ortho intramolecular Hbond substituents is 2. The Balaban J connectivity index is 1.10. The number of nitrogens with one attached hydrogen (secondary N) is 2. The summed E-state index contributed by atoms with van der Waals surface area (Å²) in [6.07, 6.45) is -0.899. The molecule has 1 aromatic heterocycles. The highest BCUT2D eigenvalue weighted by Crippen LogP contribution is 2.67. The van der Waals surface area contributed by atoms with E-state index in [1.54, 1.807) is 0 Å². The van der Waals surface area contributed by atoms with Gasteiger partial charge in [-0.15, -0.1) is 0 Å². The molecule has 3 aliphatic rings. The Labute approximate surface area is 367 Å². The molecule has 3 aliphatic heterocycles. The van der Waals surface area contributed by atoms with Crippen molar-refractivity contribution < 1.29 is 89.9 Å². The fourth-order valence-corrected chi connectivity index (χ4v) is 10.4. The van der Waals surface area contributed by atoms with E-state index in [1.165, 1.54) is 44.6 Å². The number of hydrogen-bond acceptors (Lipinski definition) is 17. The minimum atomic E-state index is -5.75. The third kappa shape index (κ3) is 8.92. The van der Waals surface area contributed by atoms with Crippen molar-refractivity contribution in [1.82, 2.24) is 14.9 Å². The Kier molecular flexibility index (Phi) is 12.6. The smallest absolute Gasteiger partial charge is 0.490 e. The number of H-pyrrole nitrogens is 1. The van der Waals surface area contributed by atoms with Gasteiger partial charge in [-0.05, 0) is 43.2 Å². The average Bonchev–Trinajstić information content (AvgIpc) is 3.80. The predicted octanol–water partition coefficient (Wildman–Crippen LogP) is 3.64. The zero-order chi connectivity index (χ0) is 46.7. The van der Waals surface area contributed by atoms with Crippen molar-refractivity contribution in [3.8, 4) is 46.3 Å². The largest absolute Gasteiger partial charge is 0.503 e. The van der Waals surface area contributed by atoms with E-state index in [9.17, 15) is 52.9 Å². The summed E-state index contributed by atoms with van der Waals surface area (Å²) in [5.41, 5.74) is -3.88. The second kappa shape index (κ2) is 17.3. The molecule has 0 aliphatic carbocycles. The quantitative estimate of drug-likeness (QED) is 0.0570. The number of halogens is 2. The number of amides is 1. The molecule has 1 saturated heterocycles. The number of rotatable bonds is 12. The monoisotopic (exact) mass is 991 g/mol. The van der Waals surface area contributed by atoms with Crippen LogP contribution in [-0.4, -0.2) is 84.7 Å². The number of esters is 1. The van der Waals surface area contributed by atoms with Gasteiger partial charge in [0.05, 0.1) is 50.2 Å². The maximum atomic E-state index is 13.6. The number of aromatic amines is 1. The summed E-state index contributed by atoms with van der Waals surface area (Å²) in [5.74, 6) is 1.84. The van der Waals surface area contributed by atoms with E-state index < -0.39 is 82.6 Å². The van der Waals surface area contributed by atoms with Crippen molar-refractivity contribution in [2.75, 3.05) is 27.4 Å². The van der Waals surface area contributed by atoms with Crippen LogP contribution in [0.3, 0.4) is 0 Å². The van der Waals surface area contributed by atoms with Crippen LogP contribution >= 0.6 is 46.7 Å². The molecule has 29 heteroatoms. The highest BCUT2D eigenvalue weighted by atomic mass is 35.5. The lowest BCUT2D eigenvalue weighted by Crippen LogP contribution is -2.34. The van der Waals surface area contributed by atoms with E-state index in [4.69, 9.17) is 56.7 Å². The number of phosphoric acid groups is 3. The van der Waals surface area contributed by atoms with Gasteiger partial charge in [-0.1, -0.05) is 35.0 Å². The summed E-state index contributed by atoms with van der Waals surface area (Å²) in [6, 6.07) is 6.65. The van der Waals surface area contributed by atoms with Crippen LogP contribution in [0.2, 0.25) is 10.0 Å². The molecule has 0 radical (unpaired) electrons. The van der Waals surface area contributed by atoms with Gasteiger partial charge < -0.3 is 58.8 Å². The van der Waals surface area contributed by atoms with Crippen molar-refractivity contribution in [2.45, 2.75) is 30.8 Å². The van der Waals surface area contributed by atoms with E-state index in [0.717, 1.165) is 10.8 Å². The van der Waals surface area contributed by atoms with Crippen LogP contribution in [0.4, 0.5) is 0 Å². The van der Waals surface area contributed by atoms with Gasteiger partial charge in [-0.3, -0.25) is 23.7 Å². The van der Waals surface area contributed by atoms with Crippen molar-refractivity contribution >= 4 is 58.5 Å². The second-order valence-corrected chi connectivity index (χ2v) is 18.7. The standard InChI is InChI=1S/C35H30Cl2N3O21P3/c1-54-22-11-20-29(25(36)27(22)41)58-30-21(12-23(55-2)28(42)26(30)37)35(20)19-10-15(5-7-18(19)33(45)59-35)31(43)38-9-3-4-16-13-40(34(46)39-32(16)44)24-8-6-17(57-24)14-56-63(50,51)61-64(52,53)60-62(47,48)49/h5,7,10-13,17,24,41-42H,6,8-9,14H2,1-2H3,(H,38,43)(H,50,51)(H,52,53)(H,39,44,46)(H2,47,48,49)/t17-,24+/m0/s1. The van der Waals surface area contributed by atoms with Crippen molar-refractivity contribution in [3.05, 3.63) is 101 Å². The molecule has 3 aromatic carbocycles. The molecule has 1 amide bonds. The van der Waals surface area contributed by atoms with E-state index in [1.807, 2.05) is 0 Å². The number of aromatic nitrogens is 2. The Morgan fingerprint density at radius 1 is 0.922 bits per heavy atom. The maximum absolute atomic E-state index is 13.6. The van der Waals surface area contributed by atoms with Gasteiger partial charge in [0.25, 0.3) is 11.5 Å². The van der Waals surface area contributed by atoms with Gasteiger partial charge in [0.2, 0.25) is 0 Å². The molecule has 4 atom stereocenters. The molecule has 0 bridgehead atoms. The lowest BCUT2D eigenvalue weighted by molar-refractivity contribution is -0.0243. The molecule has 340 valence electrons. The van der Waals surface area contributed by atoms with Crippen LogP contribution in [0.25, 0.3) is 0 Å². The van der Waals surface area contributed by atoms with Gasteiger partial charge in [0.1, 0.15) is 21.8 Å². The SMILES string of the molecule is COc1cc2c(c(Cl)c1O)Oc1c(cc(OC)c(O)c1Cl)C21OC(=O)c2ccc(C(=O)NCC#Cc3cn([C@H]4CC[C@@H](COP(=O)(O)OP(=O)(O)OP(=O)(O)O)O4)c(=O)[nH]c3=O)cc21. The third-order valence-corrected chi connectivity index (χ3v) is 14.1. The van der Waals surface area contributed by atoms with Gasteiger partial charge in [-0.2, -0.15) is 8.62 Å². The van der Waals surface area contributed by atoms with Gasteiger partial charge in [0, 0.05) is 17.3 Å². The first-order valence-electron chi connectivity index (χ1n) is 17.8. The molecule has 64 heavy (non-hydrogen) atoms. The highest BCUT2D eigenvalue weighted by Gasteiger charge is 2.56. The Bertz CT molecular complexity index is 2910. The Morgan fingerprint density at radius 2 is 1.55 bits per heavy atom. The van der Waals surface area contributed by atoms with E-state index >= 15 is 0 Å². The van der Waals surface area contributed by atoms with E-state index in [2.05, 4.69) is 35.3 Å². The van der Waals surface area contributed by atoms with Crippen molar-refractivity contribution in [1.29, 1.82) is 0 Å². The van der Waals surface area contributed by atoms with E-state index in [0.29, 0.717) is 0 Å². The zero-order valence-electron chi connectivity index (χ0n) is 32.3. The average molecular weight is 992 g/mol. The number of phosphoric ester groups is 1. The number of ether oxygens (including phenoxy) is 5. The van der Waals surface area contributed by atoms with Crippen LogP contribution in [0, 0.1) is 11.8 Å². The number of carbonyl (C=O) groups is 2. The molecule has 4 heterocycles. The highest BCUT2D eigenvalue weighted by molar-refractivity contribution is 7.66. The molecule has 8 N–H and O–H groups in total. The first-order valence-corrected chi connectivity index (χ1v) is 23.1. The molecule has 1 fully saturated rings. The molecule has 0 saturated carbocycles. The van der Waals surface area contributed by atoms with Gasteiger partial charge >= 0.3 is 35.1 Å². The summed E-state index contributed by atoms with van der Waals surface area (Å²) >= 11 is 13.1. The Morgan fingerprint density at radius 3 is 2.14 bits per heavy atom. The number of nitrogens with zero attached hydrogens (tertiary/aromatic N) is 1. The molecular formula is C35H30Cl2N3O21P3. The lowest BCUT2D eigenvalue weighted by atomic mass is 9.77. The summed E-state index contributed by atoms with van der Waals surface area (Å²) in [7, 11) is -14.3. The fraction of sp³-hybridized carbons (Fsp3) is 0.257. The summed E-state index contributed by atoms with van der Waals surface area (Å²) in [4.78, 5) is 91.0. The molecule has 2 unspecified atom stereocenters.